The summed E-state index contributed by atoms with van der Waals surface area (Å²) in [7, 11) is 4.47. The molecule has 1 unspecified atom stereocenters. The van der Waals surface area contributed by atoms with Crippen LogP contribution in [0.5, 0.6) is 11.5 Å². The minimum atomic E-state index is -0.450. The summed E-state index contributed by atoms with van der Waals surface area (Å²) in [5.41, 5.74) is 1.88. The van der Waals surface area contributed by atoms with Crippen molar-refractivity contribution in [3.63, 3.8) is 0 Å². The second kappa shape index (κ2) is 8.19. The van der Waals surface area contributed by atoms with Gasteiger partial charge in [-0.25, -0.2) is 0 Å². The Labute approximate surface area is 166 Å². The predicted octanol–water partition coefficient (Wildman–Crippen LogP) is 3.72. The molecule has 0 saturated heterocycles. The van der Waals surface area contributed by atoms with Gasteiger partial charge < -0.3 is 19.1 Å². The smallest absolute Gasteiger partial charge is 0.307 e. The van der Waals surface area contributed by atoms with Crippen LogP contribution in [0.4, 0.5) is 0 Å². The number of fused-ring (bicyclic) bond motifs is 1. The molecule has 0 aliphatic carbocycles. The van der Waals surface area contributed by atoms with Crippen molar-refractivity contribution in [2.75, 3.05) is 27.9 Å². The molecule has 8 heteroatoms. The standard InChI is InChI=1S/C19H20ClNO5S/c1-24-14-8-11-6-7-21(19(23)16-4-5-17(20)27-16)13(10-18(22)26-3)12(11)9-15(14)25-2/h4-5,8-9,13H,6-7,10H2,1-3H3. The van der Waals surface area contributed by atoms with Crippen LogP contribution in [0.3, 0.4) is 0 Å². The van der Waals surface area contributed by atoms with Crippen molar-refractivity contribution in [3.05, 3.63) is 44.6 Å². The van der Waals surface area contributed by atoms with Gasteiger partial charge in [0.1, 0.15) is 0 Å². The van der Waals surface area contributed by atoms with Gasteiger partial charge in [0.25, 0.3) is 5.91 Å². The Bertz CT molecular complexity index is 866. The molecule has 1 aliphatic rings. The molecule has 0 spiro atoms. The molecular weight excluding hydrogens is 390 g/mol. The largest absolute Gasteiger partial charge is 0.493 e. The average molecular weight is 410 g/mol. The highest BCUT2D eigenvalue weighted by atomic mass is 35.5. The first kappa shape index (κ1) is 19.5. The van der Waals surface area contributed by atoms with Gasteiger partial charge >= 0.3 is 5.97 Å². The fourth-order valence-electron chi connectivity index (χ4n) is 3.30. The molecule has 6 nitrogen and oxygen atoms in total. The maximum absolute atomic E-state index is 13.1. The van der Waals surface area contributed by atoms with Crippen molar-refractivity contribution in [3.8, 4) is 11.5 Å². The van der Waals surface area contributed by atoms with E-state index in [0.717, 1.165) is 11.1 Å². The molecule has 2 heterocycles. The van der Waals surface area contributed by atoms with Gasteiger partial charge in [-0.15, -0.1) is 11.3 Å². The van der Waals surface area contributed by atoms with E-state index < -0.39 is 6.04 Å². The second-order valence-electron chi connectivity index (χ2n) is 6.05. The van der Waals surface area contributed by atoms with Crippen LogP contribution in [0.2, 0.25) is 4.34 Å². The lowest BCUT2D eigenvalue weighted by molar-refractivity contribution is -0.141. The number of carbonyl (C=O) groups excluding carboxylic acids is 2. The van der Waals surface area contributed by atoms with Crippen LogP contribution in [0.1, 0.15) is 33.3 Å². The summed E-state index contributed by atoms with van der Waals surface area (Å²) < 4.78 is 16.2. The third kappa shape index (κ3) is 3.89. The van der Waals surface area contributed by atoms with Gasteiger partial charge in [-0.1, -0.05) is 11.6 Å². The molecule has 0 saturated carbocycles. The number of rotatable bonds is 5. The zero-order valence-electron chi connectivity index (χ0n) is 15.3. The number of esters is 1. The summed E-state index contributed by atoms with van der Waals surface area (Å²) >= 11 is 7.21. The van der Waals surface area contributed by atoms with Crippen molar-refractivity contribution in [1.29, 1.82) is 0 Å². The van der Waals surface area contributed by atoms with Crippen molar-refractivity contribution >= 4 is 34.8 Å². The van der Waals surface area contributed by atoms with E-state index in [1.54, 1.807) is 31.3 Å². The lowest BCUT2D eigenvalue weighted by Gasteiger charge is -2.37. The van der Waals surface area contributed by atoms with Crippen LogP contribution in [0, 0.1) is 0 Å². The van der Waals surface area contributed by atoms with Gasteiger partial charge in [-0.05, 0) is 41.8 Å². The second-order valence-corrected chi connectivity index (χ2v) is 7.77. The number of halogens is 1. The molecule has 144 valence electrons. The molecular formula is C19H20ClNO5S. The molecule has 0 N–H and O–H groups in total. The number of benzene rings is 1. The number of methoxy groups -OCH3 is 3. The summed E-state index contributed by atoms with van der Waals surface area (Å²) in [5.74, 6) is 0.642. The van der Waals surface area contributed by atoms with E-state index in [1.165, 1.54) is 18.4 Å². The van der Waals surface area contributed by atoms with Crippen LogP contribution >= 0.6 is 22.9 Å². The Balaban J connectivity index is 2.03. The zero-order valence-corrected chi connectivity index (χ0v) is 16.9. The summed E-state index contributed by atoms with van der Waals surface area (Å²) in [4.78, 5) is 27.3. The summed E-state index contributed by atoms with van der Waals surface area (Å²) in [5, 5.41) is 0. The maximum atomic E-state index is 13.1. The van der Waals surface area contributed by atoms with E-state index in [2.05, 4.69) is 0 Å². The first-order valence-corrected chi connectivity index (χ1v) is 9.55. The molecule has 1 aliphatic heterocycles. The quantitative estimate of drug-likeness (QED) is 0.704. The van der Waals surface area contributed by atoms with E-state index in [0.29, 0.717) is 33.7 Å². The summed E-state index contributed by atoms with van der Waals surface area (Å²) in [6.45, 7) is 0.485. The van der Waals surface area contributed by atoms with E-state index in [1.807, 2.05) is 12.1 Å². The predicted molar refractivity (Wildman–Crippen MR) is 103 cm³/mol. The van der Waals surface area contributed by atoms with Crippen LogP contribution < -0.4 is 9.47 Å². The van der Waals surface area contributed by atoms with E-state index in [-0.39, 0.29) is 18.3 Å². The first-order chi connectivity index (χ1) is 13.0. The first-order valence-electron chi connectivity index (χ1n) is 8.36. The SMILES string of the molecule is COC(=O)CC1c2cc(OC)c(OC)cc2CCN1C(=O)c1ccc(Cl)s1. The van der Waals surface area contributed by atoms with E-state index in [9.17, 15) is 9.59 Å². The number of hydrogen-bond acceptors (Lipinski definition) is 6. The minimum Gasteiger partial charge on any atom is -0.493 e. The molecule has 1 aromatic heterocycles. The molecule has 0 radical (unpaired) electrons. The summed E-state index contributed by atoms with van der Waals surface area (Å²) in [6, 6.07) is 6.69. The fraction of sp³-hybridized carbons (Fsp3) is 0.368. The monoisotopic (exact) mass is 409 g/mol. The number of carbonyl (C=O) groups is 2. The van der Waals surface area contributed by atoms with Gasteiger partial charge in [-0.2, -0.15) is 0 Å². The normalized spacial score (nSPS) is 15.9. The Morgan fingerprint density at radius 2 is 1.89 bits per heavy atom. The van der Waals surface area contributed by atoms with Crippen LogP contribution in [0.15, 0.2) is 24.3 Å². The third-order valence-electron chi connectivity index (χ3n) is 4.64. The topological polar surface area (TPSA) is 65.1 Å². The lowest BCUT2D eigenvalue weighted by Crippen LogP contribution is -2.40. The van der Waals surface area contributed by atoms with Gasteiger partial charge in [0.15, 0.2) is 11.5 Å². The van der Waals surface area contributed by atoms with Crippen LogP contribution in [-0.2, 0) is 16.0 Å². The Morgan fingerprint density at radius 3 is 2.48 bits per heavy atom. The Hall–Kier alpha value is -2.25. The highest BCUT2D eigenvalue weighted by Crippen LogP contribution is 2.40. The third-order valence-corrected chi connectivity index (χ3v) is 5.85. The zero-order chi connectivity index (χ0) is 19.6. The maximum Gasteiger partial charge on any atom is 0.307 e. The molecule has 0 fully saturated rings. The number of hydrogen-bond donors (Lipinski definition) is 0. The van der Waals surface area contributed by atoms with Gasteiger partial charge in [0.05, 0.1) is 43.0 Å². The molecule has 1 atom stereocenters. The lowest BCUT2D eigenvalue weighted by atomic mass is 9.89. The average Bonchev–Trinajstić information content (AvgIpc) is 3.12. The Morgan fingerprint density at radius 1 is 1.19 bits per heavy atom. The highest BCUT2D eigenvalue weighted by Gasteiger charge is 2.34. The van der Waals surface area contributed by atoms with Gasteiger partial charge in [0, 0.05) is 6.54 Å². The van der Waals surface area contributed by atoms with Crippen molar-refractivity contribution in [2.24, 2.45) is 0 Å². The number of nitrogens with zero attached hydrogens (tertiary/aromatic N) is 1. The molecule has 1 amide bonds. The molecule has 0 bridgehead atoms. The van der Waals surface area contributed by atoms with Crippen molar-refractivity contribution < 1.29 is 23.8 Å². The van der Waals surface area contributed by atoms with E-state index >= 15 is 0 Å². The number of thiophene rings is 1. The number of amides is 1. The highest BCUT2D eigenvalue weighted by molar-refractivity contribution is 7.17. The molecule has 1 aromatic carbocycles. The Kier molecular flexibility index (Phi) is 5.92. The van der Waals surface area contributed by atoms with Crippen molar-refractivity contribution in [1.82, 2.24) is 4.90 Å². The van der Waals surface area contributed by atoms with E-state index in [4.69, 9.17) is 25.8 Å². The van der Waals surface area contributed by atoms with Crippen LogP contribution in [0.25, 0.3) is 0 Å². The minimum absolute atomic E-state index is 0.0594. The molecule has 27 heavy (non-hydrogen) atoms. The van der Waals surface area contributed by atoms with Crippen molar-refractivity contribution in [2.45, 2.75) is 18.9 Å². The summed E-state index contributed by atoms with van der Waals surface area (Å²) in [6.07, 6.45) is 0.710. The molecule has 3 rings (SSSR count). The van der Waals surface area contributed by atoms with Gasteiger partial charge in [-0.3, -0.25) is 9.59 Å². The van der Waals surface area contributed by atoms with Gasteiger partial charge in [0.2, 0.25) is 0 Å². The molecule has 2 aromatic rings. The number of ether oxygens (including phenoxy) is 3. The fourth-order valence-corrected chi connectivity index (χ4v) is 4.30. The van der Waals surface area contributed by atoms with Crippen LogP contribution in [-0.4, -0.2) is 44.7 Å².